The number of hydrogen-bond donors (Lipinski definition) is 0. The van der Waals surface area contributed by atoms with E-state index in [1.54, 1.807) is 12.1 Å². The predicted molar refractivity (Wildman–Crippen MR) is 72.1 cm³/mol. The fraction of sp³-hybridized carbons (Fsp3) is 0.357. The van der Waals surface area contributed by atoms with E-state index in [0.717, 1.165) is 36.1 Å². The minimum atomic E-state index is -0.357. The molecule has 3 rings (SSSR count). The third kappa shape index (κ3) is 1.82. The molecular formula is C14H15N3O2. The second-order valence-electron chi connectivity index (χ2n) is 5.01. The van der Waals surface area contributed by atoms with Gasteiger partial charge in [-0.15, -0.1) is 0 Å². The third-order valence-electron chi connectivity index (χ3n) is 3.74. The van der Waals surface area contributed by atoms with Crippen LogP contribution >= 0.6 is 0 Å². The molecule has 98 valence electrons. The fourth-order valence-electron chi connectivity index (χ4n) is 2.88. The van der Waals surface area contributed by atoms with Crippen LogP contribution < -0.4 is 0 Å². The van der Waals surface area contributed by atoms with Crippen molar-refractivity contribution in [2.45, 2.75) is 26.2 Å². The molecule has 19 heavy (non-hydrogen) atoms. The number of benzene rings is 1. The van der Waals surface area contributed by atoms with Crippen LogP contribution in [0.5, 0.6) is 0 Å². The number of aromatic nitrogens is 2. The van der Waals surface area contributed by atoms with Gasteiger partial charge in [-0.25, -0.2) is 0 Å². The van der Waals surface area contributed by atoms with E-state index < -0.39 is 0 Å². The summed E-state index contributed by atoms with van der Waals surface area (Å²) in [6.07, 6.45) is 3.24. The van der Waals surface area contributed by atoms with Gasteiger partial charge in [0.25, 0.3) is 5.69 Å². The van der Waals surface area contributed by atoms with Crippen molar-refractivity contribution in [1.82, 2.24) is 9.78 Å². The lowest BCUT2D eigenvalue weighted by atomic mass is 10.0. The number of non-ortho nitro benzene ring substituents is 1. The maximum absolute atomic E-state index is 10.8. The van der Waals surface area contributed by atoms with Gasteiger partial charge in [-0.05, 0) is 37.8 Å². The number of nitro benzene ring substituents is 1. The van der Waals surface area contributed by atoms with Gasteiger partial charge in [0.1, 0.15) is 0 Å². The number of aryl methyl sites for hydroxylation is 3. The lowest BCUT2D eigenvalue weighted by molar-refractivity contribution is -0.384. The van der Waals surface area contributed by atoms with Gasteiger partial charge >= 0.3 is 0 Å². The van der Waals surface area contributed by atoms with Crippen LogP contribution in [0.15, 0.2) is 18.2 Å². The highest BCUT2D eigenvalue weighted by Gasteiger charge is 2.23. The van der Waals surface area contributed by atoms with Crippen LogP contribution in [0, 0.1) is 17.0 Å². The summed E-state index contributed by atoms with van der Waals surface area (Å²) in [7, 11) is 1.94. The van der Waals surface area contributed by atoms with Gasteiger partial charge in [0, 0.05) is 30.3 Å². The summed E-state index contributed by atoms with van der Waals surface area (Å²) < 4.78 is 1.90. The summed E-state index contributed by atoms with van der Waals surface area (Å²) >= 11 is 0. The van der Waals surface area contributed by atoms with E-state index in [2.05, 4.69) is 5.10 Å². The van der Waals surface area contributed by atoms with Crippen LogP contribution in [-0.4, -0.2) is 14.7 Å². The Morgan fingerprint density at radius 3 is 2.84 bits per heavy atom. The molecule has 1 aliphatic carbocycles. The lowest BCUT2D eigenvalue weighted by Crippen LogP contribution is -1.99. The zero-order valence-electron chi connectivity index (χ0n) is 11.0. The molecule has 0 unspecified atom stereocenters. The molecule has 0 saturated heterocycles. The van der Waals surface area contributed by atoms with Crippen LogP contribution in [0.4, 0.5) is 5.69 Å². The van der Waals surface area contributed by atoms with Gasteiger partial charge in [-0.1, -0.05) is 0 Å². The van der Waals surface area contributed by atoms with Crippen LogP contribution in [0.25, 0.3) is 11.3 Å². The second-order valence-corrected chi connectivity index (χ2v) is 5.01. The van der Waals surface area contributed by atoms with Crippen LogP contribution in [0.2, 0.25) is 0 Å². The first-order chi connectivity index (χ1) is 9.08. The minimum Gasteiger partial charge on any atom is -0.267 e. The maximum Gasteiger partial charge on any atom is 0.269 e. The molecule has 0 radical (unpaired) electrons. The molecule has 1 heterocycles. The zero-order chi connectivity index (χ0) is 13.6. The molecular weight excluding hydrogens is 242 g/mol. The van der Waals surface area contributed by atoms with Crippen molar-refractivity contribution in [1.29, 1.82) is 0 Å². The average molecular weight is 257 g/mol. The highest BCUT2D eigenvalue weighted by Crippen LogP contribution is 2.34. The normalized spacial score (nSPS) is 13.6. The molecule has 0 fully saturated rings. The Balaban J connectivity index is 2.15. The first-order valence-corrected chi connectivity index (χ1v) is 6.38. The molecule has 0 saturated carbocycles. The SMILES string of the molecule is Cc1cc([N+](=O)[O-])ccc1-c1c2c(nn1C)CCC2. The molecule has 0 bridgehead atoms. The first kappa shape index (κ1) is 11.9. The van der Waals surface area contributed by atoms with E-state index in [4.69, 9.17) is 0 Å². The van der Waals surface area contributed by atoms with E-state index in [9.17, 15) is 10.1 Å². The van der Waals surface area contributed by atoms with E-state index in [0.29, 0.717) is 0 Å². The smallest absolute Gasteiger partial charge is 0.267 e. The number of hydrogen-bond acceptors (Lipinski definition) is 3. The summed E-state index contributed by atoms with van der Waals surface area (Å²) in [5, 5.41) is 15.3. The Hall–Kier alpha value is -2.17. The predicted octanol–water partition coefficient (Wildman–Crippen LogP) is 2.79. The Morgan fingerprint density at radius 1 is 1.37 bits per heavy atom. The Bertz CT molecular complexity index is 674. The standard InChI is InChI=1S/C14H15N3O2/c1-9-8-10(17(18)19)6-7-11(9)14-12-4-3-5-13(12)15-16(14)2/h6-8H,3-5H2,1-2H3. The number of rotatable bonds is 2. The van der Waals surface area contributed by atoms with Gasteiger partial charge in [-0.2, -0.15) is 5.10 Å². The molecule has 0 amide bonds. The topological polar surface area (TPSA) is 61.0 Å². The molecule has 0 N–H and O–H groups in total. The number of nitro groups is 1. The van der Waals surface area contributed by atoms with Crippen LogP contribution in [-0.2, 0) is 19.9 Å². The molecule has 5 nitrogen and oxygen atoms in total. The summed E-state index contributed by atoms with van der Waals surface area (Å²) in [5.41, 5.74) is 5.70. The average Bonchev–Trinajstić information content (AvgIpc) is 2.89. The molecule has 0 atom stereocenters. The second kappa shape index (κ2) is 4.19. The van der Waals surface area contributed by atoms with Gasteiger partial charge in [0.05, 0.1) is 16.3 Å². The largest absolute Gasteiger partial charge is 0.269 e. The minimum absolute atomic E-state index is 0.139. The molecule has 5 heteroatoms. The van der Waals surface area contributed by atoms with E-state index in [1.807, 2.05) is 24.7 Å². The quantitative estimate of drug-likeness (QED) is 0.614. The van der Waals surface area contributed by atoms with Crippen LogP contribution in [0.1, 0.15) is 23.2 Å². The van der Waals surface area contributed by atoms with E-state index in [-0.39, 0.29) is 10.6 Å². The monoisotopic (exact) mass is 257 g/mol. The van der Waals surface area contributed by atoms with Gasteiger partial charge in [0.2, 0.25) is 0 Å². The highest BCUT2D eigenvalue weighted by molar-refractivity contribution is 5.70. The molecule has 2 aromatic rings. The van der Waals surface area contributed by atoms with Crippen molar-refractivity contribution in [2.75, 3.05) is 0 Å². The van der Waals surface area contributed by atoms with Crippen molar-refractivity contribution in [3.8, 4) is 11.3 Å². The number of fused-ring (bicyclic) bond motifs is 1. The van der Waals surface area contributed by atoms with Crippen molar-refractivity contribution in [2.24, 2.45) is 7.05 Å². The van der Waals surface area contributed by atoms with Crippen molar-refractivity contribution >= 4 is 5.69 Å². The van der Waals surface area contributed by atoms with Gasteiger partial charge in [-0.3, -0.25) is 14.8 Å². The fourth-order valence-corrected chi connectivity index (χ4v) is 2.88. The highest BCUT2D eigenvalue weighted by atomic mass is 16.6. The molecule has 1 aliphatic rings. The third-order valence-corrected chi connectivity index (χ3v) is 3.74. The maximum atomic E-state index is 10.8. The molecule has 1 aromatic carbocycles. The van der Waals surface area contributed by atoms with Crippen molar-refractivity contribution in [3.63, 3.8) is 0 Å². The Kier molecular flexibility index (Phi) is 2.62. The van der Waals surface area contributed by atoms with Crippen LogP contribution in [0.3, 0.4) is 0 Å². The summed E-state index contributed by atoms with van der Waals surface area (Å²) in [4.78, 5) is 10.4. The van der Waals surface area contributed by atoms with E-state index in [1.165, 1.54) is 11.3 Å². The Morgan fingerprint density at radius 2 is 2.16 bits per heavy atom. The molecule has 0 spiro atoms. The lowest BCUT2D eigenvalue weighted by Gasteiger charge is -2.08. The Labute approximate surface area is 111 Å². The van der Waals surface area contributed by atoms with Gasteiger partial charge in [0.15, 0.2) is 0 Å². The van der Waals surface area contributed by atoms with Crippen molar-refractivity contribution in [3.05, 3.63) is 45.1 Å². The number of nitrogens with zero attached hydrogens (tertiary/aromatic N) is 3. The van der Waals surface area contributed by atoms with E-state index >= 15 is 0 Å². The van der Waals surface area contributed by atoms with Crippen molar-refractivity contribution < 1.29 is 4.92 Å². The summed E-state index contributed by atoms with van der Waals surface area (Å²) in [5.74, 6) is 0. The molecule has 0 aliphatic heterocycles. The zero-order valence-corrected chi connectivity index (χ0v) is 11.0. The first-order valence-electron chi connectivity index (χ1n) is 6.38. The molecule has 1 aromatic heterocycles. The summed E-state index contributed by atoms with van der Waals surface area (Å²) in [6, 6.07) is 5.03. The summed E-state index contributed by atoms with van der Waals surface area (Å²) in [6.45, 7) is 1.91. The van der Waals surface area contributed by atoms with Gasteiger partial charge < -0.3 is 0 Å².